The van der Waals surface area contributed by atoms with E-state index in [2.05, 4.69) is 67.6 Å². The monoisotopic (exact) mass is 2960 g/mol. The minimum atomic E-state index is -4.58. The maximum Gasteiger partial charge on any atom is 0.472 e. The fraction of sp³-hybridized carbons (Fsp3) is 0.946. The number of carbonyl (C=O) groups is 5. The molecule has 2 unspecified atom stereocenters. The molecule has 3 aliphatic carbocycles. The van der Waals surface area contributed by atoms with Crippen molar-refractivity contribution < 1.29 is 239 Å². The first kappa shape index (κ1) is 151. The van der Waals surface area contributed by atoms with Crippen LogP contribution in [-0.4, -0.2) is 66.8 Å². The Morgan fingerprint density at radius 1 is 0.357 bits per heavy atom. The molecular weight excluding hydrogens is 2770 g/mol. The number of unbranched alkanes of at least 4 members (excludes halogenated alkanes) is 36. The van der Waals surface area contributed by atoms with Crippen LogP contribution in [0.1, 0.15) is 514 Å². The fourth-order valence-corrected chi connectivity index (χ4v) is 15.1. The largest absolute Gasteiger partial charge is 0.472 e. The van der Waals surface area contributed by atoms with E-state index >= 15 is 0 Å². The Hall–Kier alpha value is 4.17. The topological polar surface area (TPSA) is 172 Å². The van der Waals surface area contributed by atoms with E-state index in [1.54, 1.807) is 0 Å². The molecule has 3 saturated carbocycles. The van der Waals surface area contributed by atoms with E-state index in [1.807, 2.05) is 0 Å². The Balaban J connectivity index is -0.000000124. The molecule has 0 aliphatic heterocycles. The molecule has 19 heteroatoms. The molecule has 3 fully saturated rings. The van der Waals surface area contributed by atoms with Gasteiger partial charge in [-0.3, -0.25) is 33.0 Å². The van der Waals surface area contributed by atoms with Crippen LogP contribution in [0.2, 0.25) is 0 Å². The van der Waals surface area contributed by atoms with Crippen molar-refractivity contribution in [1.29, 1.82) is 0 Å². The van der Waals surface area contributed by atoms with Gasteiger partial charge in [-0.25, -0.2) is 4.57 Å². The van der Waals surface area contributed by atoms with Gasteiger partial charge in [0.05, 0.1) is 13.2 Å². The van der Waals surface area contributed by atoms with E-state index in [0.717, 1.165) is 83.5 Å². The maximum absolute atomic E-state index is 12.8. The summed E-state index contributed by atoms with van der Waals surface area (Å²) in [7, 11) is -4.58. The van der Waals surface area contributed by atoms with E-state index in [4.69, 9.17) is 18.5 Å². The summed E-state index contributed by atoms with van der Waals surface area (Å²) in [5.74, 6) is 0.717. The smallest absolute Gasteiger partial charge is 0.462 e. The van der Waals surface area contributed by atoms with Crippen molar-refractivity contribution in [3.8, 4) is 0 Å². The number of phosphoric ester groups is 1. The molecule has 0 bridgehead atoms. The molecule has 0 spiro atoms. The van der Waals surface area contributed by atoms with Gasteiger partial charge >= 0.3 is 19.8 Å². The van der Waals surface area contributed by atoms with Gasteiger partial charge in [0.25, 0.3) is 0 Å². The molecule has 1 amide bonds. The van der Waals surface area contributed by atoms with Crippen molar-refractivity contribution >= 4 is 37.2 Å². The van der Waals surface area contributed by atoms with Crippen LogP contribution in [-0.2, 0) is 47.1 Å². The molecule has 2 N–H and O–H groups in total. The molecule has 0 aromatic rings. The number of nitrogens with one attached hydrogen (secondary N) is 1. The van der Waals surface area contributed by atoms with Gasteiger partial charge in [-0.15, -0.1) is 0 Å². The Morgan fingerprint density at radius 2 is 0.634 bits per heavy atom. The molecular formula is C93H196NO11PU6. The standard InChI is InChI=1S/C51H96NO10P.C25H48O.C8H16.9CH4.6U/c1-5-7-9-11-13-15-17-19-21-23-25-27-29-34-49(55)59-43-47(62-50(56)35-30-28-26-24-22-20-18-16-14-12-10-8-6-2)44-61-63(57,58)60-41-40-52-48(54)33-31-32-46(53)42-45-36-38-51(3,4)39-37-45;1-4-5-6-7-8-9-10-11-12-13-14-15-16-17-24(26)22-23-18-20-25(2,3)21-19-23;1-8(2)6-4-3-5-7-8;;;;;;;;;;;;;;;/h45,47H,5-44H2,1-4H3,(H,52,54)(H,57,58);23H,4-22H2,1-3H3;3-7H2,1-2H3;9*1H4;;;;;;. The molecule has 668 valence electrons. The first-order valence-corrected chi connectivity index (χ1v) is 43.4. The van der Waals surface area contributed by atoms with Crippen LogP contribution in [0.3, 0.4) is 0 Å². The third-order valence-corrected chi connectivity index (χ3v) is 22.4. The summed E-state index contributed by atoms with van der Waals surface area (Å²) in [5.41, 5.74) is 1.56. The quantitative estimate of drug-likeness (QED) is 0.0337. The summed E-state index contributed by atoms with van der Waals surface area (Å²) in [6, 6.07) is 0. The van der Waals surface area contributed by atoms with Gasteiger partial charge in [0.15, 0.2) is 6.10 Å². The van der Waals surface area contributed by atoms with Gasteiger partial charge in [-0.1, -0.05) is 380 Å². The number of ether oxygens (including phenoxy) is 2. The molecule has 3 aliphatic rings. The van der Waals surface area contributed by atoms with Gasteiger partial charge in [0.1, 0.15) is 18.2 Å². The minimum absolute atomic E-state index is 0. The number of hydrogen-bond donors (Lipinski definition) is 2. The summed E-state index contributed by atoms with van der Waals surface area (Å²) >= 11 is 0. The van der Waals surface area contributed by atoms with Crippen LogP contribution < -0.4 is 5.32 Å². The number of ketones is 2. The molecule has 0 saturated heterocycles. The molecule has 2 atom stereocenters. The summed E-state index contributed by atoms with van der Waals surface area (Å²) in [6.07, 6.45) is 68.7. The van der Waals surface area contributed by atoms with Crippen LogP contribution in [0.4, 0.5) is 0 Å². The zero-order chi connectivity index (χ0) is 71.4. The van der Waals surface area contributed by atoms with E-state index < -0.39 is 32.5 Å². The number of amides is 1. The van der Waals surface area contributed by atoms with Crippen LogP contribution in [0.5, 0.6) is 0 Å². The van der Waals surface area contributed by atoms with Crippen molar-refractivity contribution in [2.45, 2.75) is 521 Å². The van der Waals surface area contributed by atoms with Gasteiger partial charge in [0, 0.05) is 238 Å². The van der Waals surface area contributed by atoms with Crippen molar-refractivity contribution in [2.24, 2.45) is 28.1 Å². The molecule has 0 heterocycles. The summed E-state index contributed by atoms with van der Waals surface area (Å²) < 4.78 is 34.0. The first-order valence-electron chi connectivity index (χ1n) is 41.9. The van der Waals surface area contributed by atoms with Gasteiger partial charge in [-0.2, -0.15) is 0 Å². The molecule has 112 heavy (non-hydrogen) atoms. The second kappa shape index (κ2) is 102. The predicted octanol–water partition coefficient (Wildman–Crippen LogP) is 31.3. The molecule has 0 aromatic heterocycles. The van der Waals surface area contributed by atoms with Gasteiger partial charge in [0.2, 0.25) is 5.91 Å². The van der Waals surface area contributed by atoms with Crippen molar-refractivity contribution in [1.82, 2.24) is 5.32 Å². The second-order valence-corrected chi connectivity index (χ2v) is 34.5. The summed E-state index contributed by atoms with van der Waals surface area (Å²) in [5, 5.41) is 2.65. The van der Waals surface area contributed by atoms with Crippen LogP contribution in [0, 0.1) is 215 Å². The van der Waals surface area contributed by atoms with E-state index in [0.29, 0.717) is 66.0 Å². The average Bonchev–Trinajstić information content (AvgIpc) is 0.875. The van der Waals surface area contributed by atoms with Crippen LogP contribution >= 0.6 is 7.82 Å². The predicted molar refractivity (Wildman–Crippen MR) is 469 cm³/mol. The van der Waals surface area contributed by atoms with Crippen LogP contribution in [0.25, 0.3) is 0 Å². The number of hydrogen-bond acceptors (Lipinski definition) is 10. The normalized spacial score (nSPS) is 14.7. The third kappa shape index (κ3) is 101. The number of esters is 2. The Labute approximate surface area is 845 Å². The van der Waals surface area contributed by atoms with Crippen LogP contribution in [0.15, 0.2) is 0 Å². The number of Topliss-reactive ketones (excluding diaryl/α,β-unsaturated/α-hetero) is 2. The number of phosphoric acid groups is 1. The maximum atomic E-state index is 12.8. The number of carbonyl (C=O) groups excluding carboxylic acids is 5. The summed E-state index contributed by atoms with van der Waals surface area (Å²) in [4.78, 5) is 72.7. The summed E-state index contributed by atoms with van der Waals surface area (Å²) in [6.45, 7) is 19.7. The zero-order valence-corrected chi connectivity index (χ0v) is 94.3. The molecule has 0 radical (unpaired) electrons. The Kier molecular flexibility index (Phi) is 137. The third-order valence-electron chi connectivity index (χ3n) is 21.4. The van der Waals surface area contributed by atoms with E-state index in [1.165, 1.54) is 250 Å². The van der Waals surface area contributed by atoms with Gasteiger partial charge < -0.3 is 19.7 Å². The van der Waals surface area contributed by atoms with Crippen molar-refractivity contribution in [3.05, 3.63) is 0 Å². The number of rotatable bonds is 60. The second-order valence-electron chi connectivity index (χ2n) is 33.0. The van der Waals surface area contributed by atoms with Crippen molar-refractivity contribution in [2.75, 3.05) is 26.4 Å². The van der Waals surface area contributed by atoms with E-state index in [9.17, 15) is 33.4 Å². The van der Waals surface area contributed by atoms with Gasteiger partial charge in [-0.05, 0) is 118 Å². The minimum Gasteiger partial charge on any atom is -0.462 e. The Morgan fingerprint density at radius 3 is 0.938 bits per heavy atom. The van der Waals surface area contributed by atoms with E-state index in [-0.39, 0.29) is 304 Å². The fourth-order valence-electron chi connectivity index (χ4n) is 14.3. The van der Waals surface area contributed by atoms with Crippen molar-refractivity contribution in [3.63, 3.8) is 0 Å². The Bertz CT molecular complexity index is 1960. The SMILES string of the molecule is C.C.C.C.C.C.C.C.C.CC1(C)CCCCC1.CCCCCCCCCCCCCCCC(=O)CC1CCC(C)(C)CC1.CCCCCCCCCCCCCCCC(=O)OCC(COP(=O)(O)OCCNC(=O)CCCC(=O)CC1CCC(C)(C)CC1)OC(=O)CCCCCCCCCCCCCCC.[U].[U].[U].[U].[U].[U]. The first-order chi connectivity index (χ1) is 46.6. The molecule has 0 aromatic carbocycles. The zero-order valence-electron chi connectivity index (χ0n) is 68.5. The average molecular weight is 2960 g/mol. The molecule has 3 rings (SSSR count). The molecule has 12 nitrogen and oxygen atoms in total.